The third kappa shape index (κ3) is 2.93. The van der Waals surface area contributed by atoms with Gasteiger partial charge >= 0.3 is 0 Å². The van der Waals surface area contributed by atoms with Crippen LogP contribution in [0.1, 0.15) is 15.9 Å². The summed E-state index contributed by atoms with van der Waals surface area (Å²) < 4.78 is 38.7. The molecule has 0 radical (unpaired) electrons. The number of rotatable bonds is 3. The summed E-state index contributed by atoms with van der Waals surface area (Å²) >= 11 is 0. The van der Waals surface area contributed by atoms with E-state index in [0.29, 0.717) is 17.7 Å². The van der Waals surface area contributed by atoms with Gasteiger partial charge in [-0.15, -0.1) is 0 Å². The summed E-state index contributed by atoms with van der Waals surface area (Å²) in [6.45, 7) is 0. The average molecular weight is 266 g/mol. The largest absolute Gasteiger partial charge is 0.508 e. The van der Waals surface area contributed by atoms with Crippen molar-refractivity contribution in [1.82, 2.24) is 0 Å². The Balaban J connectivity index is 2.23. The van der Waals surface area contributed by atoms with E-state index >= 15 is 0 Å². The Morgan fingerprint density at radius 3 is 2.05 bits per heavy atom. The molecule has 0 aliphatic rings. The number of Topliss-reactive ketones (excluding diaryl/α,β-unsaturated/α-hetero) is 1. The molecule has 0 spiro atoms. The van der Waals surface area contributed by atoms with Crippen LogP contribution in [0.5, 0.6) is 5.75 Å². The van der Waals surface area contributed by atoms with E-state index in [0.717, 1.165) is 0 Å². The second-order valence-electron chi connectivity index (χ2n) is 4.02. The lowest BCUT2D eigenvalue weighted by atomic mass is 10.0. The maximum Gasteiger partial charge on any atom is 0.194 e. The molecule has 0 saturated heterocycles. The van der Waals surface area contributed by atoms with E-state index in [-0.39, 0.29) is 17.7 Å². The molecule has 0 unspecified atom stereocenters. The molecule has 0 fully saturated rings. The van der Waals surface area contributed by atoms with Gasteiger partial charge in [0.2, 0.25) is 0 Å². The van der Waals surface area contributed by atoms with E-state index in [1.807, 2.05) is 0 Å². The zero-order valence-electron chi connectivity index (χ0n) is 9.66. The van der Waals surface area contributed by atoms with Crippen molar-refractivity contribution < 1.29 is 23.1 Å². The standard InChI is InChI=1S/C14H9F3O2/c15-11-6-9(7-12(16)14(11)17)13(19)5-8-1-3-10(18)4-2-8/h1-4,6-7,18H,5H2. The summed E-state index contributed by atoms with van der Waals surface area (Å²) in [7, 11) is 0. The van der Waals surface area contributed by atoms with Crippen molar-refractivity contribution in [3.63, 3.8) is 0 Å². The fourth-order valence-electron chi connectivity index (χ4n) is 1.62. The van der Waals surface area contributed by atoms with Crippen molar-refractivity contribution in [2.24, 2.45) is 0 Å². The number of aromatic hydroxyl groups is 1. The molecule has 0 saturated carbocycles. The molecule has 2 nitrogen and oxygen atoms in total. The molecular formula is C14H9F3O2. The summed E-state index contributed by atoms with van der Waals surface area (Å²) in [5.41, 5.74) is 0.345. The smallest absolute Gasteiger partial charge is 0.194 e. The van der Waals surface area contributed by atoms with Crippen LogP contribution in [0.3, 0.4) is 0 Å². The first kappa shape index (κ1) is 13.1. The summed E-state index contributed by atoms with van der Waals surface area (Å²) in [6, 6.07) is 7.16. The highest BCUT2D eigenvalue weighted by atomic mass is 19.2. The third-order valence-electron chi connectivity index (χ3n) is 2.61. The Hall–Kier alpha value is -2.30. The topological polar surface area (TPSA) is 37.3 Å². The molecule has 98 valence electrons. The molecule has 19 heavy (non-hydrogen) atoms. The van der Waals surface area contributed by atoms with Crippen molar-refractivity contribution in [1.29, 1.82) is 0 Å². The lowest BCUT2D eigenvalue weighted by Gasteiger charge is -2.03. The molecule has 2 aromatic carbocycles. The van der Waals surface area contributed by atoms with Crippen LogP contribution in [0, 0.1) is 17.5 Å². The maximum absolute atomic E-state index is 13.0. The van der Waals surface area contributed by atoms with Crippen LogP contribution >= 0.6 is 0 Å². The Morgan fingerprint density at radius 1 is 1.00 bits per heavy atom. The van der Waals surface area contributed by atoms with Crippen molar-refractivity contribution in [3.05, 3.63) is 65.0 Å². The first-order valence-corrected chi connectivity index (χ1v) is 5.43. The molecule has 2 aromatic rings. The van der Waals surface area contributed by atoms with Crippen LogP contribution in [0.25, 0.3) is 0 Å². The molecule has 0 aliphatic carbocycles. The van der Waals surface area contributed by atoms with Crippen molar-refractivity contribution in [2.75, 3.05) is 0 Å². The van der Waals surface area contributed by atoms with Gasteiger partial charge in [0, 0.05) is 12.0 Å². The maximum atomic E-state index is 13.0. The van der Waals surface area contributed by atoms with Gasteiger partial charge in [-0.05, 0) is 29.8 Å². The van der Waals surface area contributed by atoms with Gasteiger partial charge in [-0.1, -0.05) is 12.1 Å². The normalized spacial score (nSPS) is 10.5. The second-order valence-corrected chi connectivity index (χ2v) is 4.02. The third-order valence-corrected chi connectivity index (χ3v) is 2.61. The zero-order valence-corrected chi connectivity index (χ0v) is 9.66. The highest BCUT2D eigenvalue weighted by Crippen LogP contribution is 2.16. The average Bonchev–Trinajstić information content (AvgIpc) is 2.38. The van der Waals surface area contributed by atoms with E-state index in [1.165, 1.54) is 24.3 Å². The van der Waals surface area contributed by atoms with Crippen LogP contribution in [-0.2, 0) is 6.42 Å². The summed E-state index contributed by atoms with van der Waals surface area (Å²) in [5, 5.41) is 9.09. The van der Waals surface area contributed by atoms with Gasteiger partial charge in [-0.25, -0.2) is 13.2 Å². The SMILES string of the molecule is O=C(Cc1ccc(O)cc1)c1cc(F)c(F)c(F)c1. The zero-order chi connectivity index (χ0) is 14.0. The van der Waals surface area contributed by atoms with E-state index < -0.39 is 23.2 Å². The Morgan fingerprint density at radius 2 is 1.53 bits per heavy atom. The monoisotopic (exact) mass is 266 g/mol. The molecule has 2 rings (SSSR count). The Kier molecular flexibility index (Phi) is 3.55. The number of benzene rings is 2. The van der Waals surface area contributed by atoms with E-state index in [9.17, 15) is 18.0 Å². The first-order chi connectivity index (χ1) is 8.97. The minimum Gasteiger partial charge on any atom is -0.508 e. The Labute approximate surface area is 107 Å². The summed E-state index contributed by atoms with van der Waals surface area (Å²) in [5.74, 6) is -4.87. The number of hydrogen-bond donors (Lipinski definition) is 1. The molecule has 0 bridgehead atoms. The van der Waals surface area contributed by atoms with Crippen molar-refractivity contribution in [2.45, 2.75) is 6.42 Å². The number of halogens is 3. The molecule has 0 aliphatic heterocycles. The molecule has 5 heteroatoms. The number of carbonyl (C=O) groups is 1. The highest BCUT2D eigenvalue weighted by Gasteiger charge is 2.15. The molecular weight excluding hydrogens is 257 g/mol. The van der Waals surface area contributed by atoms with Crippen molar-refractivity contribution >= 4 is 5.78 Å². The van der Waals surface area contributed by atoms with Crippen LogP contribution in [0.2, 0.25) is 0 Å². The van der Waals surface area contributed by atoms with Crippen LogP contribution in [0.15, 0.2) is 36.4 Å². The minimum absolute atomic E-state index is 0.0510. The quantitative estimate of drug-likeness (QED) is 0.684. The van der Waals surface area contributed by atoms with Crippen molar-refractivity contribution in [3.8, 4) is 5.75 Å². The van der Waals surface area contributed by atoms with E-state index in [1.54, 1.807) is 0 Å². The molecule has 0 heterocycles. The molecule has 0 aromatic heterocycles. The van der Waals surface area contributed by atoms with Gasteiger partial charge in [0.25, 0.3) is 0 Å². The van der Waals surface area contributed by atoms with Gasteiger partial charge in [0.15, 0.2) is 23.2 Å². The van der Waals surface area contributed by atoms with Gasteiger partial charge in [-0.3, -0.25) is 4.79 Å². The summed E-state index contributed by atoms with van der Waals surface area (Å²) in [4.78, 5) is 11.8. The minimum atomic E-state index is -1.60. The van der Waals surface area contributed by atoms with Gasteiger partial charge in [0.05, 0.1) is 0 Å². The summed E-state index contributed by atoms with van der Waals surface area (Å²) in [6.07, 6.45) is -0.0925. The van der Waals surface area contributed by atoms with Crippen LogP contribution < -0.4 is 0 Å². The predicted octanol–water partition coefficient (Wildman–Crippen LogP) is 3.23. The fraction of sp³-hybridized carbons (Fsp3) is 0.0714. The van der Waals surface area contributed by atoms with E-state index in [4.69, 9.17) is 5.11 Å². The number of hydrogen-bond acceptors (Lipinski definition) is 2. The van der Waals surface area contributed by atoms with Crippen LogP contribution in [0.4, 0.5) is 13.2 Å². The Bertz CT molecular complexity index is 598. The highest BCUT2D eigenvalue weighted by molar-refractivity contribution is 5.97. The van der Waals surface area contributed by atoms with Gasteiger partial charge in [0.1, 0.15) is 5.75 Å². The van der Waals surface area contributed by atoms with Gasteiger partial charge < -0.3 is 5.11 Å². The lowest BCUT2D eigenvalue weighted by molar-refractivity contribution is 0.0992. The number of phenolic OH excluding ortho intramolecular Hbond substituents is 1. The first-order valence-electron chi connectivity index (χ1n) is 5.43. The fourth-order valence-corrected chi connectivity index (χ4v) is 1.62. The molecule has 0 amide bonds. The number of ketones is 1. The second kappa shape index (κ2) is 5.14. The number of phenols is 1. The molecule has 0 atom stereocenters. The van der Waals surface area contributed by atoms with E-state index in [2.05, 4.69) is 0 Å². The van der Waals surface area contributed by atoms with Gasteiger partial charge in [-0.2, -0.15) is 0 Å². The van der Waals surface area contributed by atoms with Crippen LogP contribution in [-0.4, -0.2) is 10.9 Å². The lowest BCUT2D eigenvalue weighted by Crippen LogP contribution is -2.06. The predicted molar refractivity (Wildman–Crippen MR) is 62.5 cm³/mol. The number of carbonyl (C=O) groups excluding carboxylic acids is 1. The molecule has 1 N–H and O–H groups in total.